The first-order chi connectivity index (χ1) is 12.8. The number of hydrogen-bond donors (Lipinski definition) is 1. The van der Waals surface area contributed by atoms with E-state index in [1.165, 1.54) is 12.1 Å². The van der Waals surface area contributed by atoms with E-state index in [9.17, 15) is 19.2 Å². The number of nitrogens with one attached hydrogen (secondary N) is 1. The number of carbonyl (C=O) groups is 4. The summed E-state index contributed by atoms with van der Waals surface area (Å²) >= 11 is 0. The predicted octanol–water partition coefficient (Wildman–Crippen LogP) is 0.815. The predicted molar refractivity (Wildman–Crippen MR) is 94.1 cm³/mol. The fourth-order valence-electron chi connectivity index (χ4n) is 2.83. The zero-order valence-corrected chi connectivity index (χ0v) is 15.1. The largest absolute Gasteiger partial charge is 0.454 e. The first kappa shape index (κ1) is 18.3. The zero-order chi connectivity index (χ0) is 19.7. The second kappa shape index (κ2) is 7.02. The summed E-state index contributed by atoms with van der Waals surface area (Å²) in [6, 6.07) is 6.32. The number of imide groups is 1. The van der Waals surface area contributed by atoms with Crippen molar-refractivity contribution in [3.63, 3.8) is 0 Å². The zero-order valence-electron chi connectivity index (χ0n) is 15.1. The Morgan fingerprint density at radius 3 is 2.22 bits per heavy atom. The molecule has 0 unspecified atom stereocenters. The van der Waals surface area contributed by atoms with Crippen molar-refractivity contribution >= 4 is 29.4 Å². The highest BCUT2D eigenvalue weighted by atomic mass is 16.5. The Morgan fingerprint density at radius 1 is 1.11 bits per heavy atom. The maximum Gasteiger partial charge on any atom is 0.326 e. The molecule has 1 aliphatic rings. The number of esters is 1. The van der Waals surface area contributed by atoms with E-state index in [0.717, 1.165) is 10.6 Å². The summed E-state index contributed by atoms with van der Waals surface area (Å²) in [5.74, 6) is -2.50. The summed E-state index contributed by atoms with van der Waals surface area (Å²) in [4.78, 5) is 49.2. The molecule has 0 spiro atoms. The fourth-order valence-corrected chi connectivity index (χ4v) is 2.83. The van der Waals surface area contributed by atoms with E-state index < -0.39 is 36.8 Å². The van der Waals surface area contributed by atoms with Gasteiger partial charge < -0.3 is 10.1 Å². The van der Waals surface area contributed by atoms with Gasteiger partial charge >= 0.3 is 5.97 Å². The second-order valence-corrected chi connectivity index (χ2v) is 6.12. The second-order valence-electron chi connectivity index (χ2n) is 6.12. The van der Waals surface area contributed by atoms with Gasteiger partial charge in [0.2, 0.25) is 0 Å². The van der Waals surface area contributed by atoms with Crippen LogP contribution in [0.15, 0.2) is 24.3 Å². The summed E-state index contributed by atoms with van der Waals surface area (Å²) in [6.45, 7) is 2.46. The maximum atomic E-state index is 12.2. The number of hydrogen-bond acceptors (Lipinski definition) is 6. The molecule has 0 radical (unpaired) electrons. The highest BCUT2D eigenvalue weighted by Gasteiger charge is 2.36. The average molecular weight is 370 g/mol. The smallest absolute Gasteiger partial charge is 0.326 e. The summed E-state index contributed by atoms with van der Waals surface area (Å²) in [5, 5.41) is 6.81. The Morgan fingerprint density at radius 2 is 1.70 bits per heavy atom. The van der Waals surface area contributed by atoms with Gasteiger partial charge in [-0.2, -0.15) is 5.10 Å². The lowest BCUT2D eigenvalue weighted by molar-refractivity contribution is -0.147. The Bertz CT molecular complexity index is 928. The Balaban J connectivity index is 1.55. The van der Waals surface area contributed by atoms with Crippen LogP contribution in [-0.4, -0.2) is 51.5 Å². The van der Waals surface area contributed by atoms with Crippen LogP contribution in [0.25, 0.3) is 0 Å². The standard InChI is InChI=1S/C18H18N4O5/c1-10-16(11(2)21(3)20-10)19-14(23)9-27-15(24)8-22-17(25)12-6-4-5-7-13(12)18(22)26/h4-7H,8-9H2,1-3H3,(H,19,23). The van der Waals surface area contributed by atoms with E-state index >= 15 is 0 Å². The van der Waals surface area contributed by atoms with E-state index in [1.807, 2.05) is 0 Å². The quantitative estimate of drug-likeness (QED) is 0.616. The van der Waals surface area contributed by atoms with Gasteiger partial charge in [0.1, 0.15) is 6.54 Å². The molecule has 0 aliphatic carbocycles. The number of aromatic nitrogens is 2. The highest BCUT2D eigenvalue weighted by molar-refractivity contribution is 6.22. The molecule has 0 saturated carbocycles. The van der Waals surface area contributed by atoms with Crippen LogP contribution in [0.5, 0.6) is 0 Å². The molecule has 0 fully saturated rings. The van der Waals surface area contributed by atoms with Crippen molar-refractivity contribution in [2.75, 3.05) is 18.5 Å². The van der Waals surface area contributed by atoms with Gasteiger partial charge in [0, 0.05) is 7.05 Å². The van der Waals surface area contributed by atoms with Crippen LogP contribution in [0.1, 0.15) is 32.1 Å². The maximum absolute atomic E-state index is 12.2. The molecule has 1 N–H and O–H groups in total. The van der Waals surface area contributed by atoms with Crippen molar-refractivity contribution in [2.45, 2.75) is 13.8 Å². The molecular formula is C18H18N4O5. The van der Waals surface area contributed by atoms with Crippen LogP contribution in [-0.2, 0) is 21.4 Å². The van der Waals surface area contributed by atoms with Crippen LogP contribution in [0, 0.1) is 13.8 Å². The molecule has 3 amide bonds. The van der Waals surface area contributed by atoms with Crippen LogP contribution >= 0.6 is 0 Å². The molecule has 2 aromatic rings. The number of nitrogens with zero attached hydrogens (tertiary/aromatic N) is 3. The minimum atomic E-state index is -0.848. The number of ether oxygens (including phenoxy) is 1. The van der Waals surface area contributed by atoms with Gasteiger partial charge in [-0.3, -0.25) is 28.8 Å². The molecule has 1 aromatic carbocycles. The van der Waals surface area contributed by atoms with Crippen LogP contribution in [0.4, 0.5) is 5.69 Å². The third-order valence-electron chi connectivity index (χ3n) is 4.30. The molecule has 1 aromatic heterocycles. The lowest BCUT2D eigenvalue weighted by Gasteiger charge is -2.13. The number of rotatable bonds is 5. The van der Waals surface area contributed by atoms with Crippen molar-refractivity contribution in [1.82, 2.24) is 14.7 Å². The van der Waals surface area contributed by atoms with Gasteiger partial charge in [-0.25, -0.2) is 0 Å². The van der Waals surface area contributed by atoms with Crippen molar-refractivity contribution in [3.8, 4) is 0 Å². The Hall–Kier alpha value is -3.49. The summed E-state index contributed by atoms with van der Waals surface area (Å²) in [5.41, 5.74) is 2.45. The van der Waals surface area contributed by atoms with E-state index in [0.29, 0.717) is 11.4 Å². The highest BCUT2D eigenvalue weighted by Crippen LogP contribution is 2.22. The summed E-state index contributed by atoms with van der Waals surface area (Å²) < 4.78 is 6.52. The monoisotopic (exact) mass is 370 g/mol. The third kappa shape index (κ3) is 3.43. The van der Waals surface area contributed by atoms with Gasteiger partial charge in [-0.1, -0.05) is 12.1 Å². The number of fused-ring (bicyclic) bond motifs is 1. The molecule has 140 valence electrons. The normalized spacial score (nSPS) is 12.9. The molecule has 9 nitrogen and oxygen atoms in total. The molecule has 2 heterocycles. The van der Waals surface area contributed by atoms with E-state index in [4.69, 9.17) is 4.74 Å². The molecule has 9 heteroatoms. The first-order valence-electron chi connectivity index (χ1n) is 8.20. The minimum absolute atomic E-state index is 0.246. The van der Waals surface area contributed by atoms with E-state index in [1.54, 1.807) is 37.7 Å². The molecular weight excluding hydrogens is 352 g/mol. The minimum Gasteiger partial charge on any atom is -0.454 e. The number of amides is 3. The number of aryl methyl sites for hydroxylation is 2. The van der Waals surface area contributed by atoms with Crippen LogP contribution in [0.3, 0.4) is 0 Å². The van der Waals surface area contributed by atoms with Crippen LogP contribution in [0.2, 0.25) is 0 Å². The van der Waals surface area contributed by atoms with Crippen molar-refractivity contribution in [1.29, 1.82) is 0 Å². The van der Waals surface area contributed by atoms with Gasteiger partial charge in [0.05, 0.1) is 28.2 Å². The SMILES string of the molecule is Cc1nn(C)c(C)c1NC(=O)COC(=O)CN1C(=O)c2ccccc2C1=O. The molecule has 0 bridgehead atoms. The lowest BCUT2D eigenvalue weighted by atomic mass is 10.1. The van der Waals surface area contributed by atoms with Crippen molar-refractivity contribution in [3.05, 3.63) is 46.8 Å². The average Bonchev–Trinajstić information content (AvgIpc) is 3.02. The fraction of sp³-hybridized carbons (Fsp3) is 0.278. The lowest BCUT2D eigenvalue weighted by Crippen LogP contribution is -2.36. The van der Waals surface area contributed by atoms with Gasteiger partial charge in [0.25, 0.3) is 17.7 Å². The number of carbonyl (C=O) groups excluding carboxylic acids is 4. The summed E-state index contributed by atoms with van der Waals surface area (Å²) in [6.07, 6.45) is 0. The number of anilines is 1. The van der Waals surface area contributed by atoms with Crippen molar-refractivity contribution in [2.24, 2.45) is 7.05 Å². The first-order valence-corrected chi connectivity index (χ1v) is 8.20. The van der Waals surface area contributed by atoms with Gasteiger partial charge in [-0.05, 0) is 26.0 Å². The van der Waals surface area contributed by atoms with Crippen LogP contribution < -0.4 is 5.32 Å². The number of benzene rings is 1. The molecule has 27 heavy (non-hydrogen) atoms. The molecule has 1 aliphatic heterocycles. The van der Waals surface area contributed by atoms with Gasteiger partial charge in [0.15, 0.2) is 6.61 Å². The molecule has 0 saturated heterocycles. The molecule has 3 rings (SSSR count). The van der Waals surface area contributed by atoms with E-state index in [2.05, 4.69) is 10.4 Å². The summed E-state index contributed by atoms with van der Waals surface area (Å²) in [7, 11) is 1.75. The Kier molecular flexibility index (Phi) is 4.76. The Labute approximate surface area is 154 Å². The third-order valence-corrected chi connectivity index (χ3v) is 4.30. The van der Waals surface area contributed by atoms with E-state index in [-0.39, 0.29) is 11.1 Å². The van der Waals surface area contributed by atoms with Crippen molar-refractivity contribution < 1.29 is 23.9 Å². The van der Waals surface area contributed by atoms with Gasteiger partial charge in [-0.15, -0.1) is 0 Å². The molecule has 0 atom stereocenters. The topological polar surface area (TPSA) is 111 Å².